The van der Waals surface area contributed by atoms with Gasteiger partial charge in [-0.15, -0.1) is 0 Å². The Balaban J connectivity index is 2.23. The number of benzene rings is 2. The fourth-order valence-electron chi connectivity index (χ4n) is 2.04. The predicted octanol–water partition coefficient (Wildman–Crippen LogP) is 2.98. The van der Waals surface area contributed by atoms with E-state index in [1.54, 1.807) is 4.90 Å². The zero-order chi connectivity index (χ0) is 14.5. The van der Waals surface area contributed by atoms with E-state index in [1.807, 2.05) is 49.4 Å². The third kappa shape index (κ3) is 3.24. The summed E-state index contributed by atoms with van der Waals surface area (Å²) < 4.78 is 0. The summed E-state index contributed by atoms with van der Waals surface area (Å²) >= 11 is 4.86. The van der Waals surface area contributed by atoms with Gasteiger partial charge in [-0.05, 0) is 18.4 Å². The van der Waals surface area contributed by atoms with Gasteiger partial charge >= 0.3 is 6.03 Å². The first-order valence-electron chi connectivity index (χ1n) is 6.44. The molecule has 0 radical (unpaired) electrons. The van der Waals surface area contributed by atoms with Crippen LogP contribution < -0.4 is 11.1 Å². The number of urea groups is 1. The molecule has 2 rings (SSSR count). The second-order valence-electron chi connectivity index (χ2n) is 4.44. The molecule has 0 spiro atoms. The number of nitrogens with two attached hydrogens (primary N) is 1. The van der Waals surface area contributed by atoms with Crippen LogP contribution in [0, 0.1) is 0 Å². The second-order valence-corrected chi connectivity index (χ2v) is 4.96. The van der Waals surface area contributed by atoms with E-state index in [1.165, 1.54) is 0 Å². The van der Waals surface area contributed by atoms with E-state index in [9.17, 15) is 4.79 Å². The molecule has 0 aliphatic heterocycles. The molecule has 20 heavy (non-hydrogen) atoms. The molecule has 0 aliphatic carbocycles. The molecule has 0 unspecified atom stereocenters. The molecule has 2 aromatic carbocycles. The van der Waals surface area contributed by atoms with Gasteiger partial charge in [0.25, 0.3) is 0 Å². The third-order valence-electron chi connectivity index (χ3n) is 3.05. The van der Waals surface area contributed by atoms with Gasteiger partial charge in [-0.1, -0.05) is 48.6 Å². The van der Waals surface area contributed by atoms with Crippen molar-refractivity contribution in [2.75, 3.05) is 18.4 Å². The number of thiocarbonyl (C=S) groups is 1. The molecule has 0 saturated heterocycles. The fourth-order valence-corrected chi connectivity index (χ4v) is 2.20. The lowest BCUT2D eigenvalue weighted by atomic mass is 10.1. The van der Waals surface area contributed by atoms with Gasteiger partial charge in [0.2, 0.25) is 0 Å². The lowest BCUT2D eigenvalue weighted by molar-refractivity contribution is 0.221. The molecule has 0 aromatic heterocycles. The van der Waals surface area contributed by atoms with Crippen molar-refractivity contribution in [1.82, 2.24) is 4.90 Å². The van der Waals surface area contributed by atoms with Crippen LogP contribution in [0.5, 0.6) is 0 Å². The summed E-state index contributed by atoms with van der Waals surface area (Å²) in [6.07, 6.45) is 0. The van der Waals surface area contributed by atoms with Gasteiger partial charge in [-0.3, -0.25) is 0 Å². The average molecular weight is 287 g/mol. The molecule has 0 aliphatic rings. The van der Waals surface area contributed by atoms with Crippen LogP contribution in [0.25, 0.3) is 10.8 Å². The summed E-state index contributed by atoms with van der Waals surface area (Å²) in [6, 6.07) is 13.5. The highest BCUT2D eigenvalue weighted by Gasteiger charge is 2.13. The molecule has 5 heteroatoms. The Kier molecular flexibility index (Phi) is 4.53. The molecule has 0 bridgehead atoms. The van der Waals surface area contributed by atoms with E-state index >= 15 is 0 Å². The number of anilines is 1. The minimum Gasteiger partial charge on any atom is -0.392 e. The van der Waals surface area contributed by atoms with Gasteiger partial charge in [0.1, 0.15) is 0 Å². The van der Waals surface area contributed by atoms with Crippen molar-refractivity contribution in [3.63, 3.8) is 0 Å². The van der Waals surface area contributed by atoms with Gasteiger partial charge in [0, 0.05) is 11.9 Å². The summed E-state index contributed by atoms with van der Waals surface area (Å²) in [6.45, 7) is 2.72. The van der Waals surface area contributed by atoms with Crippen molar-refractivity contribution in [2.45, 2.75) is 6.92 Å². The first-order valence-corrected chi connectivity index (χ1v) is 6.84. The fraction of sp³-hybridized carbons (Fsp3) is 0.200. The van der Waals surface area contributed by atoms with Crippen LogP contribution in [0.4, 0.5) is 10.5 Å². The van der Waals surface area contributed by atoms with Crippen molar-refractivity contribution in [2.24, 2.45) is 5.73 Å². The smallest absolute Gasteiger partial charge is 0.322 e. The summed E-state index contributed by atoms with van der Waals surface area (Å²) in [4.78, 5) is 14.1. The van der Waals surface area contributed by atoms with Crippen LogP contribution in [0.15, 0.2) is 42.5 Å². The van der Waals surface area contributed by atoms with E-state index in [4.69, 9.17) is 18.0 Å². The topological polar surface area (TPSA) is 58.4 Å². The second kappa shape index (κ2) is 6.34. The van der Waals surface area contributed by atoms with E-state index < -0.39 is 0 Å². The minimum atomic E-state index is -0.198. The Morgan fingerprint density at radius 2 is 1.95 bits per heavy atom. The molecule has 3 N–H and O–H groups in total. The molecule has 2 aromatic rings. The van der Waals surface area contributed by atoms with Crippen LogP contribution in [-0.2, 0) is 0 Å². The Hall–Kier alpha value is -2.14. The maximum atomic E-state index is 12.2. The van der Waals surface area contributed by atoms with Gasteiger partial charge in [-0.2, -0.15) is 0 Å². The summed E-state index contributed by atoms with van der Waals surface area (Å²) in [5.74, 6) is 0. The highest BCUT2D eigenvalue weighted by atomic mass is 32.1. The number of amides is 2. The monoisotopic (exact) mass is 287 g/mol. The van der Waals surface area contributed by atoms with Crippen molar-refractivity contribution < 1.29 is 4.79 Å². The number of fused-ring (bicyclic) bond motifs is 1. The van der Waals surface area contributed by atoms with E-state index in [0.717, 1.165) is 16.5 Å². The van der Waals surface area contributed by atoms with Gasteiger partial charge in [-0.25, -0.2) is 4.79 Å². The highest BCUT2D eigenvalue weighted by Crippen LogP contribution is 2.23. The van der Waals surface area contributed by atoms with Gasteiger partial charge < -0.3 is 16.0 Å². The number of rotatable bonds is 4. The Morgan fingerprint density at radius 3 is 2.65 bits per heavy atom. The summed E-state index contributed by atoms with van der Waals surface area (Å²) in [5, 5.41) is 5.01. The van der Waals surface area contributed by atoms with Crippen LogP contribution in [0.2, 0.25) is 0 Å². The molecule has 104 valence electrons. The third-order valence-corrected chi connectivity index (χ3v) is 3.18. The minimum absolute atomic E-state index is 0.198. The van der Waals surface area contributed by atoms with Gasteiger partial charge in [0.15, 0.2) is 0 Å². The standard InChI is InChI=1S/C15H17N3OS/c1-2-18(10-14(16)20)15(19)17-13-9-5-7-11-6-3-4-8-12(11)13/h3-9H,2,10H2,1H3,(H2,16,20)(H,17,19). The highest BCUT2D eigenvalue weighted by molar-refractivity contribution is 7.80. The van der Waals surface area contributed by atoms with Crippen LogP contribution in [-0.4, -0.2) is 29.0 Å². The molecule has 0 fully saturated rings. The first-order chi connectivity index (χ1) is 9.61. The first kappa shape index (κ1) is 14.3. The summed E-state index contributed by atoms with van der Waals surface area (Å²) in [7, 11) is 0. The zero-order valence-corrected chi connectivity index (χ0v) is 12.1. The van der Waals surface area contributed by atoms with Crippen molar-refractivity contribution in [3.8, 4) is 0 Å². The van der Waals surface area contributed by atoms with Crippen LogP contribution >= 0.6 is 12.2 Å². The number of nitrogens with one attached hydrogen (secondary N) is 1. The number of carbonyl (C=O) groups is 1. The molecular weight excluding hydrogens is 270 g/mol. The molecule has 4 nitrogen and oxygen atoms in total. The maximum absolute atomic E-state index is 12.2. The molecule has 2 amide bonds. The van der Waals surface area contributed by atoms with E-state index in [0.29, 0.717) is 11.5 Å². The number of carbonyl (C=O) groups excluding carboxylic acids is 1. The van der Waals surface area contributed by atoms with E-state index in [2.05, 4.69) is 5.32 Å². The predicted molar refractivity (Wildman–Crippen MR) is 87.0 cm³/mol. The molecular formula is C15H17N3OS. The quantitative estimate of drug-likeness (QED) is 0.850. The van der Waals surface area contributed by atoms with Crippen molar-refractivity contribution in [3.05, 3.63) is 42.5 Å². The Labute approximate surface area is 123 Å². The van der Waals surface area contributed by atoms with E-state index in [-0.39, 0.29) is 12.6 Å². The molecule has 0 atom stereocenters. The Bertz CT molecular complexity index is 637. The number of hydrogen-bond acceptors (Lipinski definition) is 2. The SMILES string of the molecule is CCN(CC(N)=S)C(=O)Nc1cccc2ccccc12. The average Bonchev–Trinajstić information content (AvgIpc) is 2.45. The molecule has 0 saturated carbocycles. The molecule has 0 heterocycles. The number of nitrogens with zero attached hydrogens (tertiary/aromatic N) is 1. The normalized spacial score (nSPS) is 10.2. The van der Waals surface area contributed by atoms with Crippen molar-refractivity contribution >= 4 is 39.7 Å². The Morgan fingerprint density at radius 1 is 1.25 bits per heavy atom. The number of likely N-dealkylation sites (N-methyl/N-ethyl adjacent to an activating group) is 1. The summed E-state index contributed by atoms with van der Waals surface area (Å²) in [5.41, 5.74) is 6.29. The van der Waals surface area contributed by atoms with Crippen molar-refractivity contribution in [1.29, 1.82) is 0 Å². The van der Waals surface area contributed by atoms with Crippen LogP contribution in [0.3, 0.4) is 0 Å². The number of hydrogen-bond donors (Lipinski definition) is 2. The largest absolute Gasteiger partial charge is 0.392 e. The zero-order valence-electron chi connectivity index (χ0n) is 11.3. The van der Waals surface area contributed by atoms with Gasteiger partial charge in [0.05, 0.1) is 17.2 Å². The van der Waals surface area contributed by atoms with Crippen LogP contribution in [0.1, 0.15) is 6.92 Å². The lowest BCUT2D eigenvalue weighted by Crippen LogP contribution is -2.40. The lowest BCUT2D eigenvalue weighted by Gasteiger charge is -2.21. The maximum Gasteiger partial charge on any atom is 0.322 e.